The van der Waals surface area contributed by atoms with Crippen LogP contribution in [0.3, 0.4) is 0 Å². The second-order valence-electron chi connectivity index (χ2n) is 12.2. The first-order valence-electron chi connectivity index (χ1n) is 14.0. The lowest BCUT2D eigenvalue weighted by Gasteiger charge is -2.50. The number of likely N-dealkylation sites (tertiary alicyclic amines) is 1. The zero-order chi connectivity index (χ0) is 29.5. The molecule has 2 aromatic rings. The van der Waals surface area contributed by atoms with Crippen molar-refractivity contribution in [2.75, 3.05) is 20.6 Å². The second-order valence-corrected chi connectivity index (χ2v) is 12.2. The lowest BCUT2D eigenvalue weighted by Crippen LogP contribution is -2.63. The number of nitrogens with two attached hydrogens (primary N) is 1. The van der Waals surface area contributed by atoms with E-state index in [0.717, 1.165) is 36.9 Å². The number of amides is 1. The third-order valence-corrected chi connectivity index (χ3v) is 9.67. The van der Waals surface area contributed by atoms with Gasteiger partial charge in [0.15, 0.2) is 11.4 Å². The molecule has 1 heterocycles. The number of hydrogen-bond acceptors (Lipinski definition) is 9. The van der Waals surface area contributed by atoms with E-state index in [1.54, 1.807) is 14.1 Å². The van der Waals surface area contributed by atoms with E-state index in [9.17, 15) is 34.8 Å². The van der Waals surface area contributed by atoms with E-state index in [4.69, 9.17) is 5.73 Å². The van der Waals surface area contributed by atoms with Crippen LogP contribution in [0.4, 0.5) is 0 Å². The molecule has 0 radical (unpaired) electrons. The van der Waals surface area contributed by atoms with Crippen LogP contribution in [0.15, 0.2) is 46.9 Å². The Bertz CT molecular complexity index is 1590. The fourth-order valence-corrected chi connectivity index (χ4v) is 7.62. The molecule has 3 aliphatic carbocycles. The van der Waals surface area contributed by atoms with Gasteiger partial charge in [-0.05, 0) is 81.7 Å². The summed E-state index contributed by atoms with van der Waals surface area (Å²) in [5.41, 5.74) is 3.43. The summed E-state index contributed by atoms with van der Waals surface area (Å²) in [6.45, 7) is 3.92. The number of primary amides is 1. The highest BCUT2D eigenvalue weighted by Crippen LogP contribution is 2.52. The SMILES string of the molecule is C[C@@H]1CCCN1Cc1ccc2cc3c(c(O)c2c1)C(=O)C1=C(O)[C@]2(O)C(=O)C(C(N)=O)=C(O)[C@@H](N(C)C)[C@@H]2C[C@@H]1C3. The highest BCUT2D eigenvalue weighted by molar-refractivity contribution is 6.25. The maximum atomic E-state index is 14.0. The molecule has 41 heavy (non-hydrogen) atoms. The number of rotatable bonds is 4. The topological polar surface area (TPSA) is 165 Å². The number of carbonyl (C=O) groups is 3. The monoisotopic (exact) mass is 561 g/mol. The Balaban J connectivity index is 1.47. The van der Waals surface area contributed by atoms with Gasteiger partial charge < -0.3 is 26.2 Å². The van der Waals surface area contributed by atoms with E-state index >= 15 is 0 Å². The number of benzene rings is 2. The van der Waals surface area contributed by atoms with Crippen LogP contribution in [-0.2, 0) is 22.6 Å². The van der Waals surface area contributed by atoms with Crippen LogP contribution < -0.4 is 5.73 Å². The summed E-state index contributed by atoms with van der Waals surface area (Å²) in [7, 11) is 3.21. The van der Waals surface area contributed by atoms with Gasteiger partial charge in [-0.3, -0.25) is 24.2 Å². The number of fused-ring (bicyclic) bond motifs is 4. The average molecular weight is 562 g/mol. The molecule has 216 valence electrons. The van der Waals surface area contributed by atoms with Gasteiger partial charge >= 0.3 is 0 Å². The first-order chi connectivity index (χ1) is 19.4. The van der Waals surface area contributed by atoms with E-state index in [1.807, 2.05) is 24.3 Å². The van der Waals surface area contributed by atoms with Crippen LogP contribution in [0, 0.1) is 11.8 Å². The van der Waals surface area contributed by atoms with E-state index in [1.165, 1.54) is 4.90 Å². The molecule has 1 aliphatic heterocycles. The summed E-state index contributed by atoms with van der Waals surface area (Å²) in [4.78, 5) is 43.5. The largest absolute Gasteiger partial charge is 0.510 e. The van der Waals surface area contributed by atoms with Crippen LogP contribution in [-0.4, -0.2) is 86.0 Å². The number of allylic oxidation sites excluding steroid dienone is 1. The third-order valence-electron chi connectivity index (χ3n) is 9.67. The van der Waals surface area contributed by atoms with Gasteiger partial charge in [0.1, 0.15) is 22.8 Å². The fourth-order valence-electron chi connectivity index (χ4n) is 7.62. The molecule has 10 nitrogen and oxygen atoms in total. The van der Waals surface area contributed by atoms with Crippen LogP contribution in [0.25, 0.3) is 10.8 Å². The molecule has 0 saturated carbocycles. The Hall–Kier alpha value is -3.73. The highest BCUT2D eigenvalue weighted by atomic mass is 16.3. The highest BCUT2D eigenvalue weighted by Gasteiger charge is 2.63. The number of ketones is 2. The minimum Gasteiger partial charge on any atom is -0.510 e. The van der Waals surface area contributed by atoms with E-state index in [2.05, 4.69) is 11.8 Å². The molecule has 2 aromatic carbocycles. The van der Waals surface area contributed by atoms with Gasteiger partial charge in [0.25, 0.3) is 5.91 Å². The number of Topliss-reactive ketones (excluding diaryl/α,β-unsaturated/α-hetero) is 2. The molecular formula is C31H35N3O7. The minimum absolute atomic E-state index is 0.0324. The van der Waals surface area contributed by atoms with Crippen molar-refractivity contribution in [1.29, 1.82) is 0 Å². The molecular weight excluding hydrogens is 526 g/mol. The number of aliphatic hydroxyl groups excluding tert-OH is 2. The minimum atomic E-state index is -2.64. The van der Waals surface area contributed by atoms with E-state index < -0.39 is 58.0 Å². The maximum absolute atomic E-state index is 14.0. The first kappa shape index (κ1) is 27.4. The zero-order valence-electron chi connectivity index (χ0n) is 23.3. The van der Waals surface area contributed by atoms with Crippen molar-refractivity contribution in [3.05, 3.63) is 63.6 Å². The molecule has 6 N–H and O–H groups in total. The van der Waals surface area contributed by atoms with Gasteiger partial charge in [0, 0.05) is 29.5 Å². The Morgan fingerprint density at radius 2 is 1.90 bits per heavy atom. The predicted molar refractivity (Wildman–Crippen MR) is 150 cm³/mol. The molecule has 1 amide bonds. The number of phenolic OH excluding ortho intramolecular Hbond substituents is 1. The summed E-state index contributed by atoms with van der Waals surface area (Å²) in [6, 6.07) is 7.18. The molecule has 0 spiro atoms. The molecule has 10 heteroatoms. The summed E-state index contributed by atoms with van der Waals surface area (Å²) in [5, 5.41) is 46.8. The quantitative estimate of drug-likeness (QED) is 0.352. The third kappa shape index (κ3) is 3.84. The standard InChI is InChI=1S/C31H35N3O7/c1-14-5-4-8-34(14)13-15-6-7-16-10-17-11-18-12-20-24(33(2)3)27(37)23(30(32)40)29(39)31(20,41)28(38)22(18)26(36)21(17)25(35)19(16)9-15/h6-7,9-10,14,18,20,24,35,37-38,41H,4-5,8,11-13H2,1-3H3,(H2,32,40)/t14-,18+,20+,24+,31+/m1/s1. The number of hydrogen-bond donors (Lipinski definition) is 5. The summed E-state index contributed by atoms with van der Waals surface area (Å²) in [6.07, 6.45) is 2.62. The normalized spacial score (nSPS) is 30.2. The smallest absolute Gasteiger partial charge is 0.255 e. The predicted octanol–water partition coefficient (Wildman–Crippen LogP) is 2.26. The number of carbonyl (C=O) groups excluding carboxylic acids is 3. The van der Waals surface area contributed by atoms with Crippen molar-refractivity contribution in [3.8, 4) is 5.75 Å². The van der Waals surface area contributed by atoms with Crippen molar-refractivity contribution >= 4 is 28.2 Å². The summed E-state index contributed by atoms with van der Waals surface area (Å²) in [5.74, 6) is -6.43. The second kappa shape index (κ2) is 9.40. The Morgan fingerprint density at radius 1 is 1.17 bits per heavy atom. The van der Waals surface area contributed by atoms with Gasteiger partial charge in [-0.2, -0.15) is 0 Å². The first-order valence-corrected chi connectivity index (χ1v) is 14.0. The Labute approximate surface area is 237 Å². The molecule has 1 fully saturated rings. The molecule has 1 saturated heterocycles. The maximum Gasteiger partial charge on any atom is 0.255 e. The molecule has 0 aromatic heterocycles. The van der Waals surface area contributed by atoms with Gasteiger partial charge in [-0.1, -0.05) is 18.2 Å². The molecule has 4 aliphatic rings. The number of likely N-dealkylation sites (N-methyl/N-ethyl adjacent to an activating group) is 1. The van der Waals surface area contributed by atoms with E-state index in [-0.39, 0.29) is 29.7 Å². The zero-order valence-corrected chi connectivity index (χ0v) is 23.3. The van der Waals surface area contributed by atoms with Crippen molar-refractivity contribution in [2.24, 2.45) is 17.6 Å². The molecule has 6 rings (SSSR count). The van der Waals surface area contributed by atoms with Crippen LogP contribution in [0.5, 0.6) is 5.75 Å². The van der Waals surface area contributed by atoms with Crippen LogP contribution in [0.2, 0.25) is 0 Å². The Kier molecular flexibility index (Phi) is 6.29. The average Bonchev–Trinajstić information content (AvgIpc) is 3.30. The van der Waals surface area contributed by atoms with Crippen molar-refractivity contribution in [1.82, 2.24) is 9.80 Å². The molecule has 0 bridgehead atoms. The van der Waals surface area contributed by atoms with Crippen LogP contribution in [0.1, 0.15) is 47.7 Å². The Morgan fingerprint density at radius 3 is 2.54 bits per heavy atom. The lowest BCUT2D eigenvalue weighted by molar-refractivity contribution is -0.148. The summed E-state index contributed by atoms with van der Waals surface area (Å²) < 4.78 is 0. The van der Waals surface area contributed by atoms with Crippen molar-refractivity contribution in [3.63, 3.8) is 0 Å². The fraction of sp³-hybridized carbons (Fsp3) is 0.452. The number of nitrogens with zero attached hydrogens (tertiary/aromatic N) is 2. The van der Waals surface area contributed by atoms with E-state index in [0.29, 0.717) is 17.0 Å². The molecule has 5 atom stereocenters. The van der Waals surface area contributed by atoms with Crippen molar-refractivity contribution < 1.29 is 34.8 Å². The van der Waals surface area contributed by atoms with Gasteiger partial charge in [-0.15, -0.1) is 0 Å². The number of aliphatic hydroxyl groups is 3. The molecule has 0 unspecified atom stereocenters. The van der Waals surface area contributed by atoms with Crippen LogP contribution >= 0.6 is 0 Å². The number of aromatic hydroxyl groups is 1. The van der Waals surface area contributed by atoms with Crippen molar-refractivity contribution in [2.45, 2.75) is 56.8 Å². The summed E-state index contributed by atoms with van der Waals surface area (Å²) >= 11 is 0. The van der Waals surface area contributed by atoms with Gasteiger partial charge in [-0.25, -0.2) is 0 Å². The lowest BCUT2D eigenvalue weighted by atomic mass is 9.58. The van der Waals surface area contributed by atoms with Gasteiger partial charge in [0.05, 0.1) is 11.6 Å². The van der Waals surface area contributed by atoms with Gasteiger partial charge in [0.2, 0.25) is 5.78 Å². The number of phenols is 1.